The summed E-state index contributed by atoms with van der Waals surface area (Å²) in [4.78, 5) is 16.3. The molecule has 1 aliphatic rings. The van der Waals surface area contributed by atoms with Gasteiger partial charge in [-0.2, -0.15) is 11.8 Å². The highest BCUT2D eigenvalue weighted by Crippen LogP contribution is 2.19. The molecule has 0 bridgehead atoms. The molecule has 2 N–H and O–H groups in total. The van der Waals surface area contributed by atoms with Gasteiger partial charge in [-0.15, -0.1) is 11.3 Å². The summed E-state index contributed by atoms with van der Waals surface area (Å²) in [6.07, 6.45) is 2.97. The minimum absolute atomic E-state index is 0.0405. The molecule has 0 atom stereocenters. The zero-order chi connectivity index (χ0) is 14.4. The first-order chi connectivity index (χ1) is 9.65. The third kappa shape index (κ3) is 4.98. The lowest BCUT2D eigenvalue weighted by molar-refractivity contribution is 0.236. The van der Waals surface area contributed by atoms with Crippen LogP contribution in [0.15, 0.2) is 5.38 Å². The number of nitrogens with one attached hydrogen (secondary N) is 2. The Morgan fingerprint density at radius 2 is 2.20 bits per heavy atom. The highest BCUT2D eigenvalue weighted by molar-refractivity contribution is 7.99. The van der Waals surface area contributed by atoms with Crippen molar-refractivity contribution in [3.8, 4) is 0 Å². The smallest absolute Gasteiger partial charge is 0.315 e. The topological polar surface area (TPSA) is 54.0 Å². The fourth-order valence-electron chi connectivity index (χ4n) is 2.09. The molecule has 1 aromatic rings. The molecule has 1 saturated heterocycles. The summed E-state index contributed by atoms with van der Waals surface area (Å²) in [6.45, 7) is 4.95. The maximum absolute atomic E-state index is 11.8. The Labute approximate surface area is 129 Å². The van der Waals surface area contributed by atoms with Crippen LogP contribution in [0.4, 0.5) is 4.79 Å². The maximum Gasteiger partial charge on any atom is 0.315 e. The Hall–Kier alpha value is -0.750. The predicted octanol–water partition coefficient (Wildman–Crippen LogP) is 3.00. The van der Waals surface area contributed by atoms with E-state index in [-0.39, 0.29) is 6.03 Å². The Morgan fingerprint density at radius 1 is 1.45 bits per heavy atom. The van der Waals surface area contributed by atoms with Gasteiger partial charge in [-0.25, -0.2) is 9.78 Å². The molecule has 1 fully saturated rings. The molecule has 20 heavy (non-hydrogen) atoms. The highest BCUT2D eigenvalue weighted by atomic mass is 32.2. The molecule has 0 radical (unpaired) electrons. The fourth-order valence-corrected chi connectivity index (χ4v) is 4.06. The number of carbonyl (C=O) groups excluding carboxylic acids is 1. The van der Waals surface area contributed by atoms with Crippen LogP contribution in [0.2, 0.25) is 0 Å². The fraction of sp³-hybridized carbons (Fsp3) is 0.714. The van der Waals surface area contributed by atoms with Crippen LogP contribution in [0.5, 0.6) is 0 Å². The Balaban J connectivity index is 1.65. The normalized spacial score (nSPS) is 16.4. The molecule has 0 aliphatic carbocycles. The molecule has 0 spiro atoms. The van der Waals surface area contributed by atoms with Gasteiger partial charge in [0, 0.05) is 30.3 Å². The molecule has 1 aliphatic heterocycles. The molecule has 2 amide bonds. The van der Waals surface area contributed by atoms with Crippen molar-refractivity contribution in [2.45, 2.75) is 45.1 Å². The number of hydrogen-bond acceptors (Lipinski definition) is 4. The van der Waals surface area contributed by atoms with Gasteiger partial charge in [0.1, 0.15) is 0 Å². The average molecular weight is 313 g/mol. The van der Waals surface area contributed by atoms with Crippen molar-refractivity contribution < 1.29 is 4.79 Å². The predicted molar refractivity (Wildman–Crippen MR) is 86.8 cm³/mol. The zero-order valence-electron chi connectivity index (χ0n) is 12.1. The molecule has 0 aromatic carbocycles. The third-order valence-corrected chi connectivity index (χ3v) is 5.53. The van der Waals surface area contributed by atoms with Crippen molar-refractivity contribution in [3.63, 3.8) is 0 Å². The number of nitrogens with zero attached hydrogens (tertiary/aromatic N) is 1. The molecule has 112 valence electrons. The lowest BCUT2D eigenvalue weighted by Crippen LogP contribution is -2.44. The molecule has 2 rings (SSSR count). The largest absolute Gasteiger partial charge is 0.338 e. The number of amides is 2. The minimum Gasteiger partial charge on any atom is -0.338 e. The quantitative estimate of drug-likeness (QED) is 0.878. The summed E-state index contributed by atoms with van der Waals surface area (Å²) < 4.78 is 0. The van der Waals surface area contributed by atoms with Crippen molar-refractivity contribution in [2.75, 3.05) is 18.1 Å². The molecule has 6 heteroatoms. The van der Waals surface area contributed by atoms with E-state index in [1.54, 1.807) is 11.3 Å². The number of carbonyl (C=O) groups is 1. The van der Waals surface area contributed by atoms with Gasteiger partial charge in [0.25, 0.3) is 0 Å². The second-order valence-electron chi connectivity index (χ2n) is 5.37. The second-order valence-corrected chi connectivity index (χ2v) is 7.48. The van der Waals surface area contributed by atoms with Crippen molar-refractivity contribution in [3.05, 3.63) is 16.1 Å². The summed E-state index contributed by atoms with van der Waals surface area (Å²) in [5, 5.41) is 9.23. The summed E-state index contributed by atoms with van der Waals surface area (Å²) in [5.41, 5.74) is 1.08. The van der Waals surface area contributed by atoms with E-state index in [1.165, 1.54) is 5.01 Å². The van der Waals surface area contributed by atoms with Gasteiger partial charge in [-0.3, -0.25) is 0 Å². The van der Waals surface area contributed by atoms with Gasteiger partial charge < -0.3 is 10.6 Å². The standard InChI is InChI=1S/C14H23N3OS2/c1-10(2)13-16-12(9-20-13)3-6-15-14(18)17-11-4-7-19-8-5-11/h9-11H,3-8H2,1-2H3,(H2,15,17,18). The summed E-state index contributed by atoms with van der Waals surface area (Å²) in [6, 6.07) is 0.310. The van der Waals surface area contributed by atoms with Crippen molar-refractivity contribution in [1.29, 1.82) is 0 Å². The van der Waals surface area contributed by atoms with E-state index < -0.39 is 0 Å². The van der Waals surface area contributed by atoms with Crippen LogP contribution < -0.4 is 10.6 Å². The maximum atomic E-state index is 11.8. The van der Waals surface area contributed by atoms with Crippen LogP contribution >= 0.6 is 23.1 Å². The average Bonchev–Trinajstić information content (AvgIpc) is 2.89. The van der Waals surface area contributed by atoms with Crippen LogP contribution in [0.3, 0.4) is 0 Å². The molecule has 0 unspecified atom stereocenters. The number of thiazole rings is 1. The molecule has 4 nitrogen and oxygen atoms in total. The van der Waals surface area contributed by atoms with Gasteiger partial charge in [0.15, 0.2) is 0 Å². The monoisotopic (exact) mass is 313 g/mol. The van der Waals surface area contributed by atoms with Crippen molar-refractivity contribution in [1.82, 2.24) is 15.6 Å². The first-order valence-electron chi connectivity index (χ1n) is 7.21. The van der Waals surface area contributed by atoms with E-state index in [4.69, 9.17) is 0 Å². The molecular weight excluding hydrogens is 290 g/mol. The Morgan fingerprint density at radius 3 is 2.85 bits per heavy atom. The van der Waals surface area contributed by atoms with E-state index in [9.17, 15) is 4.79 Å². The van der Waals surface area contributed by atoms with Crippen LogP contribution in [-0.2, 0) is 6.42 Å². The number of urea groups is 1. The van der Waals surface area contributed by atoms with Gasteiger partial charge in [-0.05, 0) is 24.3 Å². The van der Waals surface area contributed by atoms with Gasteiger partial charge >= 0.3 is 6.03 Å². The molecule has 2 heterocycles. The van der Waals surface area contributed by atoms with Crippen LogP contribution in [0.1, 0.15) is 43.3 Å². The Kier molecular flexibility index (Phi) is 6.16. The van der Waals surface area contributed by atoms with Gasteiger partial charge in [0.2, 0.25) is 0 Å². The summed E-state index contributed by atoms with van der Waals surface area (Å²) in [5.74, 6) is 2.79. The van der Waals surface area contributed by atoms with Crippen LogP contribution in [0, 0.1) is 0 Å². The highest BCUT2D eigenvalue weighted by Gasteiger charge is 2.15. The van der Waals surface area contributed by atoms with Crippen molar-refractivity contribution in [2.24, 2.45) is 0 Å². The zero-order valence-corrected chi connectivity index (χ0v) is 13.8. The number of thioether (sulfide) groups is 1. The van der Waals surface area contributed by atoms with E-state index in [0.29, 0.717) is 18.5 Å². The van der Waals surface area contributed by atoms with Gasteiger partial charge in [-0.1, -0.05) is 13.8 Å². The Bertz CT molecular complexity index is 428. The van der Waals surface area contributed by atoms with Crippen LogP contribution in [-0.4, -0.2) is 35.1 Å². The first-order valence-corrected chi connectivity index (χ1v) is 9.25. The van der Waals surface area contributed by atoms with E-state index in [1.807, 2.05) is 11.8 Å². The SMILES string of the molecule is CC(C)c1nc(CCNC(=O)NC2CCSCC2)cs1. The lowest BCUT2D eigenvalue weighted by atomic mass is 10.2. The molecule has 0 saturated carbocycles. The van der Waals surface area contributed by atoms with E-state index in [0.717, 1.165) is 36.5 Å². The summed E-state index contributed by atoms with van der Waals surface area (Å²) in [7, 11) is 0. The number of hydrogen-bond donors (Lipinski definition) is 2. The number of aromatic nitrogens is 1. The van der Waals surface area contributed by atoms with E-state index in [2.05, 4.69) is 34.8 Å². The van der Waals surface area contributed by atoms with E-state index >= 15 is 0 Å². The van der Waals surface area contributed by atoms with Crippen LogP contribution in [0.25, 0.3) is 0 Å². The third-order valence-electron chi connectivity index (χ3n) is 3.29. The molecule has 1 aromatic heterocycles. The molecular formula is C14H23N3OS2. The second kappa shape index (κ2) is 7.88. The lowest BCUT2D eigenvalue weighted by Gasteiger charge is -2.22. The first kappa shape index (κ1) is 15.6. The van der Waals surface area contributed by atoms with Crippen molar-refractivity contribution >= 4 is 29.1 Å². The minimum atomic E-state index is -0.0405. The van der Waals surface area contributed by atoms with Gasteiger partial charge in [0.05, 0.1) is 10.7 Å². The number of rotatable bonds is 5. The summed E-state index contributed by atoms with van der Waals surface area (Å²) >= 11 is 3.67.